The molecule has 1 aromatic rings. The summed E-state index contributed by atoms with van der Waals surface area (Å²) in [5, 5.41) is 20.8. The number of carbonyl (C=O) groups excluding carboxylic acids is 2. The van der Waals surface area contributed by atoms with Gasteiger partial charge in [-0.25, -0.2) is 0 Å². The molecule has 0 saturated carbocycles. The van der Waals surface area contributed by atoms with Crippen molar-refractivity contribution in [3.8, 4) is 11.5 Å². The van der Waals surface area contributed by atoms with Crippen LogP contribution in [0.1, 0.15) is 24.8 Å². The van der Waals surface area contributed by atoms with Crippen molar-refractivity contribution >= 4 is 23.6 Å². The summed E-state index contributed by atoms with van der Waals surface area (Å²) in [5.74, 6) is -1.19. The van der Waals surface area contributed by atoms with E-state index < -0.39 is 17.4 Å². The lowest BCUT2D eigenvalue weighted by Crippen LogP contribution is -2.48. The van der Waals surface area contributed by atoms with Gasteiger partial charge in [-0.2, -0.15) is 0 Å². The van der Waals surface area contributed by atoms with Crippen LogP contribution in [-0.4, -0.2) is 40.3 Å². The van der Waals surface area contributed by atoms with Crippen LogP contribution >= 0.6 is 11.8 Å². The van der Waals surface area contributed by atoms with Gasteiger partial charge < -0.3 is 24.6 Å². The highest BCUT2D eigenvalue weighted by Gasteiger charge is 2.39. The highest BCUT2D eigenvalue weighted by atomic mass is 32.2. The maximum atomic E-state index is 11.8. The average molecular weight is 310 g/mol. The number of thioether (sulfide) groups is 1. The first-order chi connectivity index (χ1) is 9.97. The molecule has 0 spiro atoms. The van der Waals surface area contributed by atoms with E-state index >= 15 is 0 Å². The van der Waals surface area contributed by atoms with Crippen LogP contribution in [-0.2, 0) is 9.59 Å². The van der Waals surface area contributed by atoms with Crippen LogP contribution in [0.5, 0.6) is 11.5 Å². The summed E-state index contributed by atoms with van der Waals surface area (Å²) in [6.45, 7) is 3.50. The van der Waals surface area contributed by atoms with E-state index in [1.165, 1.54) is 23.6 Å². The van der Waals surface area contributed by atoms with Gasteiger partial charge in [0.2, 0.25) is 5.91 Å². The van der Waals surface area contributed by atoms with Gasteiger partial charge in [-0.1, -0.05) is 12.1 Å². The number of rotatable bonds is 4. The highest BCUT2D eigenvalue weighted by Crippen LogP contribution is 2.46. The van der Waals surface area contributed by atoms with Crippen molar-refractivity contribution in [3.63, 3.8) is 0 Å². The summed E-state index contributed by atoms with van der Waals surface area (Å²) in [4.78, 5) is 24.1. The van der Waals surface area contributed by atoms with Crippen molar-refractivity contribution in [2.75, 3.05) is 12.4 Å². The molecule has 0 aromatic heterocycles. The molecule has 1 aromatic carbocycles. The number of benzene rings is 1. The monoisotopic (exact) mass is 310 g/mol. The maximum Gasteiger partial charge on any atom is 0.221 e. The lowest BCUT2D eigenvalue weighted by molar-refractivity contribution is -0.310. The van der Waals surface area contributed by atoms with Crippen LogP contribution in [0.2, 0.25) is 0 Å². The Bertz CT molecular complexity index is 562. The number of nitrogens with zero attached hydrogens (tertiary/aromatic N) is 1. The summed E-state index contributed by atoms with van der Waals surface area (Å²) in [5.41, 5.74) is 0.463. The van der Waals surface area contributed by atoms with E-state index in [0.29, 0.717) is 17.9 Å². The van der Waals surface area contributed by atoms with Crippen molar-refractivity contribution in [1.82, 2.24) is 4.90 Å². The zero-order chi connectivity index (χ0) is 15.6. The standard InChI is InChI=1S/C14H17NO5S/c1-3-20-11-6-4-5-9(12(11)17)13-15(8(2)16)10(7-21-13)14(18)19/h4-6,10,13,17H,3,7H2,1-2H3,(H,18,19)/p-1/t10-,13+/m0/s1. The zero-order valence-corrected chi connectivity index (χ0v) is 12.6. The Morgan fingerprint density at radius 3 is 2.81 bits per heavy atom. The van der Waals surface area contributed by atoms with E-state index in [9.17, 15) is 19.8 Å². The predicted molar refractivity (Wildman–Crippen MR) is 75.8 cm³/mol. The van der Waals surface area contributed by atoms with Crippen molar-refractivity contribution in [2.24, 2.45) is 0 Å². The van der Waals surface area contributed by atoms with Gasteiger partial charge in [0.05, 0.1) is 18.6 Å². The lowest BCUT2D eigenvalue weighted by Gasteiger charge is -2.29. The van der Waals surface area contributed by atoms with Gasteiger partial charge >= 0.3 is 0 Å². The Kier molecular flexibility index (Phi) is 4.62. The van der Waals surface area contributed by atoms with Gasteiger partial charge in [0.25, 0.3) is 0 Å². The number of ether oxygens (including phenoxy) is 1. The molecular formula is C14H16NO5S-. The molecule has 114 valence electrons. The number of aromatic hydroxyl groups is 1. The third-order valence-corrected chi connectivity index (χ3v) is 4.54. The van der Waals surface area contributed by atoms with Crippen LogP contribution in [0.15, 0.2) is 18.2 Å². The van der Waals surface area contributed by atoms with Crippen LogP contribution in [0.3, 0.4) is 0 Å². The third kappa shape index (κ3) is 2.92. The Morgan fingerprint density at radius 1 is 1.52 bits per heavy atom. The average Bonchev–Trinajstić information content (AvgIpc) is 2.86. The number of hydrogen-bond donors (Lipinski definition) is 1. The van der Waals surface area contributed by atoms with Crippen molar-refractivity contribution in [1.29, 1.82) is 0 Å². The first-order valence-electron chi connectivity index (χ1n) is 6.53. The second-order valence-electron chi connectivity index (χ2n) is 4.57. The quantitative estimate of drug-likeness (QED) is 0.871. The largest absolute Gasteiger partial charge is 0.548 e. The second kappa shape index (κ2) is 6.26. The molecule has 0 aliphatic carbocycles. The van der Waals surface area contributed by atoms with Crippen LogP contribution in [0.4, 0.5) is 0 Å². The lowest BCUT2D eigenvalue weighted by atomic mass is 10.1. The number of phenols is 1. The molecule has 0 bridgehead atoms. The molecule has 21 heavy (non-hydrogen) atoms. The fraction of sp³-hybridized carbons (Fsp3) is 0.429. The van der Waals surface area contributed by atoms with Crippen LogP contribution < -0.4 is 9.84 Å². The predicted octanol–water partition coefficient (Wildman–Crippen LogP) is 0.503. The van der Waals surface area contributed by atoms with Crippen molar-refractivity contribution < 1.29 is 24.5 Å². The van der Waals surface area contributed by atoms with Gasteiger partial charge in [0.15, 0.2) is 11.5 Å². The Labute approximate surface area is 126 Å². The minimum Gasteiger partial charge on any atom is -0.548 e. The summed E-state index contributed by atoms with van der Waals surface area (Å²) < 4.78 is 5.32. The normalized spacial score (nSPS) is 21.3. The molecule has 1 N–H and O–H groups in total. The molecule has 1 heterocycles. The smallest absolute Gasteiger partial charge is 0.221 e. The second-order valence-corrected chi connectivity index (χ2v) is 5.69. The van der Waals surface area contributed by atoms with Gasteiger partial charge in [-0.05, 0) is 13.0 Å². The van der Waals surface area contributed by atoms with E-state index in [2.05, 4.69) is 0 Å². The number of aliphatic carboxylic acids is 1. The Hall–Kier alpha value is -1.89. The number of carbonyl (C=O) groups is 2. The minimum atomic E-state index is -1.29. The summed E-state index contributed by atoms with van der Waals surface area (Å²) in [7, 11) is 0. The summed E-state index contributed by atoms with van der Waals surface area (Å²) in [6.07, 6.45) is 0. The zero-order valence-electron chi connectivity index (χ0n) is 11.7. The highest BCUT2D eigenvalue weighted by molar-refractivity contribution is 7.99. The van der Waals surface area contributed by atoms with E-state index in [4.69, 9.17) is 4.74 Å². The summed E-state index contributed by atoms with van der Waals surface area (Å²) in [6, 6.07) is 3.98. The molecule has 2 atom stereocenters. The first-order valence-corrected chi connectivity index (χ1v) is 7.58. The molecule has 1 amide bonds. The topological polar surface area (TPSA) is 89.9 Å². The Balaban J connectivity index is 2.39. The number of carboxylic acid groups (broad SMARTS) is 1. The number of phenolic OH excluding ortho intramolecular Hbond substituents is 1. The first kappa shape index (κ1) is 15.5. The minimum absolute atomic E-state index is 0.0675. The molecular weight excluding hydrogens is 294 g/mol. The molecule has 1 fully saturated rings. The SMILES string of the molecule is CCOc1cccc([C@H]2SC[C@@H](C(=O)[O-])N2C(C)=O)c1O. The van der Waals surface area contributed by atoms with Crippen LogP contribution in [0, 0.1) is 0 Å². The molecule has 0 radical (unpaired) electrons. The van der Waals surface area contributed by atoms with Gasteiger partial charge in [-0.3, -0.25) is 4.79 Å². The van der Waals surface area contributed by atoms with E-state index in [-0.39, 0.29) is 17.4 Å². The third-order valence-electron chi connectivity index (χ3n) is 3.23. The van der Waals surface area contributed by atoms with E-state index in [0.717, 1.165) is 0 Å². The molecule has 1 aliphatic heterocycles. The van der Waals surface area contributed by atoms with Crippen molar-refractivity contribution in [3.05, 3.63) is 23.8 Å². The van der Waals surface area contributed by atoms with Gasteiger partial charge in [0.1, 0.15) is 5.37 Å². The molecule has 7 heteroatoms. The van der Waals surface area contributed by atoms with E-state index in [1.54, 1.807) is 25.1 Å². The van der Waals surface area contributed by atoms with Crippen LogP contribution in [0.25, 0.3) is 0 Å². The number of amides is 1. The van der Waals surface area contributed by atoms with Gasteiger partial charge in [-0.15, -0.1) is 11.8 Å². The van der Waals surface area contributed by atoms with Crippen molar-refractivity contribution in [2.45, 2.75) is 25.3 Å². The molecule has 0 unspecified atom stereocenters. The van der Waals surface area contributed by atoms with Gasteiger partial charge in [0, 0.05) is 18.2 Å². The fourth-order valence-corrected chi connectivity index (χ4v) is 3.81. The molecule has 6 nitrogen and oxygen atoms in total. The molecule has 1 saturated heterocycles. The fourth-order valence-electron chi connectivity index (χ4n) is 2.32. The maximum absolute atomic E-state index is 11.8. The molecule has 2 rings (SSSR count). The number of hydrogen-bond acceptors (Lipinski definition) is 6. The Morgan fingerprint density at radius 2 is 2.24 bits per heavy atom. The molecule has 1 aliphatic rings. The van der Waals surface area contributed by atoms with E-state index in [1.807, 2.05) is 0 Å². The number of para-hydroxylation sites is 1. The summed E-state index contributed by atoms with van der Waals surface area (Å²) >= 11 is 1.28. The number of carboxylic acids is 1.